The van der Waals surface area contributed by atoms with Gasteiger partial charge in [-0.3, -0.25) is 4.79 Å². The molecule has 0 spiro atoms. The van der Waals surface area contributed by atoms with Crippen molar-refractivity contribution in [3.05, 3.63) is 29.8 Å². The van der Waals surface area contributed by atoms with Crippen molar-refractivity contribution in [2.75, 3.05) is 5.73 Å². The summed E-state index contributed by atoms with van der Waals surface area (Å²) in [5.74, 6) is -0.523. The van der Waals surface area contributed by atoms with Gasteiger partial charge in [-0.1, -0.05) is 18.2 Å². The Morgan fingerprint density at radius 3 is 2.64 bits per heavy atom. The molecule has 14 heavy (non-hydrogen) atoms. The van der Waals surface area contributed by atoms with E-state index >= 15 is 0 Å². The number of fused-ring (bicyclic) bond motifs is 1. The van der Waals surface area contributed by atoms with Crippen molar-refractivity contribution in [2.24, 2.45) is 5.73 Å². The standard InChI is InChI=1S/C9H8N4O/c10-8-7(9(11)14)5-3-1-2-4-6(5)12-13-8/h1-4H,(H2,10,13)(H2,11,14). The Morgan fingerprint density at radius 1 is 1.21 bits per heavy atom. The molecule has 0 fully saturated rings. The van der Waals surface area contributed by atoms with Crippen molar-refractivity contribution in [1.82, 2.24) is 10.2 Å². The number of hydrogen-bond donors (Lipinski definition) is 2. The summed E-state index contributed by atoms with van der Waals surface area (Å²) in [6.45, 7) is 0. The number of rotatable bonds is 1. The maximum Gasteiger partial charge on any atom is 0.253 e. The molecule has 5 heteroatoms. The third-order valence-electron chi connectivity index (χ3n) is 1.94. The fraction of sp³-hybridized carbons (Fsp3) is 0. The van der Waals surface area contributed by atoms with Crippen LogP contribution in [0.2, 0.25) is 0 Å². The summed E-state index contributed by atoms with van der Waals surface area (Å²) in [7, 11) is 0. The van der Waals surface area contributed by atoms with Crippen LogP contribution in [-0.2, 0) is 0 Å². The number of carbonyl (C=O) groups is 1. The van der Waals surface area contributed by atoms with Crippen LogP contribution in [0.5, 0.6) is 0 Å². The zero-order chi connectivity index (χ0) is 10.1. The van der Waals surface area contributed by atoms with Gasteiger partial charge >= 0.3 is 0 Å². The first-order chi connectivity index (χ1) is 6.70. The number of anilines is 1. The molecule has 2 rings (SSSR count). The first-order valence-corrected chi connectivity index (χ1v) is 4.01. The second kappa shape index (κ2) is 2.95. The molecule has 0 saturated carbocycles. The van der Waals surface area contributed by atoms with E-state index in [1.54, 1.807) is 24.3 Å². The molecule has 0 aliphatic heterocycles. The minimum Gasteiger partial charge on any atom is -0.382 e. The van der Waals surface area contributed by atoms with Crippen LogP contribution < -0.4 is 11.5 Å². The van der Waals surface area contributed by atoms with E-state index in [2.05, 4.69) is 10.2 Å². The average molecular weight is 188 g/mol. The van der Waals surface area contributed by atoms with Crippen LogP contribution in [-0.4, -0.2) is 16.1 Å². The number of carbonyl (C=O) groups excluding carboxylic acids is 1. The monoisotopic (exact) mass is 188 g/mol. The highest BCUT2D eigenvalue weighted by atomic mass is 16.1. The third-order valence-corrected chi connectivity index (χ3v) is 1.94. The van der Waals surface area contributed by atoms with Gasteiger partial charge in [0, 0.05) is 5.39 Å². The molecule has 1 heterocycles. The zero-order valence-electron chi connectivity index (χ0n) is 7.27. The van der Waals surface area contributed by atoms with Gasteiger partial charge in [0.05, 0.1) is 11.1 Å². The molecule has 0 saturated heterocycles. The summed E-state index contributed by atoms with van der Waals surface area (Å²) < 4.78 is 0. The Balaban J connectivity index is 2.90. The van der Waals surface area contributed by atoms with Crippen LogP contribution in [0.3, 0.4) is 0 Å². The van der Waals surface area contributed by atoms with Gasteiger partial charge in [-0.15, -0.1) is 10.2 Å². The first kappa shape index (κ1) is 8.43. The molecule has 1 aromatic heterocycles. The van der Waals surface area contributed by atoms with Crippen molar-refractivity contribution < 1.29 is 4.79 Å². The summed E-state index contributed by atoms with van der Waals surface area (Å²) >= 11 is 0. The quantitative estimate of drug-likeness (QED) is 0.673. The summed E-state index contributed by atoms with van der Waals surface area (Å²) in [5, 5.41) is 8.13. The van der Waals surface area contributed by atoms with Crippen LogP contribution in [0, 0.1) is 0 Å². The largest absolute Gasteiger partial charge is 0.382 e. The van der Waals surface area contributed by atoms with Crippen molar-refractivity contribution in [3.63, 3.8) is 0 Å². The number of amides is 1. The van der Waals surface area contributed by atoms with Gasteiger partial charge in [-0.2, -0.15) is 0 Å². The average Bonchev–Trinajstić information content (AvgIpc) is 2.17. The Hall–Kier alpha value is -2.17. The van der Waals surface area contributed by atoms with Gasteiger partial charge in [-0.25, -0.2) is 0 Å². The predicted molar refractivity (Wildman–Crippen MR) is 52.5 cm³/mol. The molecule has 0 aliphatic rings. The molecular weight excluding hydrogens is 180 g/mol. The van der Waals surface area contributed by atoms with Gasteiger partial charge in [0.1, 0.15) is 0 Å². The topological polar surface area (TPSA) is 94.9 Å². The molecule has 0 radical (unpaired) electrons. The lowest BCUT2D eigenvalue weighted by molar-refractivity contribution is 0.100. The normalized spacial score (nSPS) is 10.3. The predicted octanol–water partition coefficient (Wildman–Crippen LogP) is 0.311. The highest BCUT2D eigenvalue weighted by molar-refractivity contribution is 6.08. The number of benzene rings is 1. The number of aromatic nitrogens is 2. The van der Waals surface area contributed by atoms with Crippen LogP contribution in [0.15, 0.2) is 24.3 Å². The lowest BCUT2D eigenvalue weighted by Crippen LogP contribution is -2.15. The van der Waals surface area contributed by atoms with E-state index in [1.807, 2.05) is 0 Å². The lowest BCUT2D eigenvalue weighted by Gasteiger charge is -2.03. The number of nitrogens with zero attached hydrogens (tertiary/aromatic N) is 2. The van der Waals surface area contributed by atoms with Gasteiger partial charge in [0.25, 0.3) is 5.91 Å². The van der Waals surface area contributed by atoms with E-state index < -0.39 is 5.91 Å². The Morgan fingerprint density at radius 2 is 1.93 bits per heavy atom. The molecule has 0 bridgehead atoms. The zero-order valence-corrected chi connectivity index (χ0v) is 7.27. The van der Waals surface area contributed by atoms with Gasteiger partial charge in [0.15, 0.2) is 5.82 Å². The molecule has 1 amide bonds. The van der Waals surface area contributed by atoms with E-state index in [0.29, 0.717) is 10.9 Å². The molecular formula is C9H8N4O. The molecule has 70 valence electrons. The van der Waals surface area contributed by atoms with Gasteiger partial charge < -0.3 is 11.5 Å². The fourth-order valence-electron chi connectivity index (χ4n) is 1.33. The molecule has 2 aromatic rings. The highest BCUT2D eigenvalue weighted by Crippen LogP contribution is 2.18. The minimum absolute atomic E-state index is 0.0659. The summed E-state index contributed by atoms with van der Waals surface area (Å²) in [4.78, 5) is 11.1. The second-order valence-electron chi connectivity index (χ2n) is 2.84. The molecule has 0 atom stereocenters. The molecule has 5 nitrogen and oxygen atoms in total. The summed E-state index contributed by atoms with van der Waals surface area (Å²) in [5.41, 5.74) is 11.5. The Labute approximate surface area is 79.7 Å². The van der Waals surface area contributed by atoms with E-state index in [9.17, 15) is 4.79 Å². The molecule has 0 aliphatic carbocycles. The lowest BCUT2D eigenvalue weighted by atomic mass is 10.1. The van der Waals surface area contributed by atoms with Crippen LogP contribution >= 0.6 is 0 Å². The second-order valence-corrected chi connectivity index (χ2v) is 2.84. The smallest absolute Gasteiger partial charge is 0.253 e. The summed E-state index contributed by atoms with van der Waals surface area (Å²) in [6, 6.07) is 7.07. The van der Waals surface area contributed by atoms with Crippen LogP contribution in [0.25, 0.3) is 10.9 Å². The van der Waals surface area contributed by atoms with Crippen molar-refractivity contribution >= 4 is 22.6 Å². The Bertz CT molecular complexity index is 509. The minimum atomic E-state index is -0.589. The van der Waals surface area contributed by atoms with Crippen molar-refractivity contribution in [3.8, 4) is 0 Å². The number of hydrogen-bond acceptors (Lipinski definition) is 4. The van der Waals surface area contributed by atoms with E-state index in [1.165, 1.54) is 0 Å². The van der Waals surface area contributed by atoms with Crippen LogP contribution in [0.4, 0.5) is 5.82 Å². The number of nitrogens with two attached hydrogens (primary N) is 2. The number of nitrogen functional groups attached to an aromatic ring is 1. The van der Waals surface area contributed by atoms with Gasteiger partial charge in [-0.05, 0) is 6.07 Å². The first-order valence-electron chi connectivity index (χ1n) is 4.01. The summed E-state index contributed by atoms with van der Waals surface area (Å²) in [6.07, 6.45) is 0. The molecule has 1 aromatic carbocycles. The Kier molecular flexibility index (Phi) is 1.78. The van der Waals surface area contributed by atoms with Crippen molar-refractivity contribution in [2.45, 2.75) is 0 Å². The molecule has 4 N–H and O–H groups in total. The van der Waals surface area contributed by atoms with E-state index in [4.69, 9.17) is 11.5 Å². The van der Waals surface area contributed by atoms with Gasteiger partial charge in [0.2, 0.25) is 0 Å². The molecule has 0 unspecified atom stereocenters. The van der Waals surface area contributed by atoms with E-state index in [-0.39, 0.29) is 11.4 Å². The number of primary amides is 1. The van der Waals surface area contributed by atoms with Crippen molar-refractivity contribution in [1.29, 1.82) is 0 Å². The maximum atomic E-state index is 11.1. The highest BCUT2D eigenvalue weighted by Gasteiger charge is 2.12. The fourth-order valence-corrected chi connectivity index (χ4v) is 1.33. The maximum absolute atomic E-state index is 11.1. The van der Waals surface area contributed by atoms with Crippen LogP contribution in [0.1, 0.15) is 10.4 Å². The SMILES string of the molecule is NC(=O)c1c(N)nnc2ccccc12. The third kappa shape index (κ3) is 1.15. The van der Waals surface area contributed by atoms with E-state index in [0.717, 1.165) is 0 Å².